The monoisotopic (exact) mass is 227 g/mol. The number of halogens is 2. The molecular formula is C13H19F2N. The van der Waals surface area contributed by atoms with Crippen molar-refractivity contribution < 1.29 is 8.78 Å². The lowest BCUT2D eigenvalue weighted by Gasteiger charge is -2.12. The molecule has 0 aliphatic rings. The summed E-state index contributed by atoms with van der Waals surface area (Å²) in [5.74, 6) is -0.989. The van der Waals surface area contributed by atoms with Crippen molar-refractivity contribution in [3.8, 4) is 0 Å². The van der Waals surface area contributed by atoms with Gasteiger partial charge in [0.05, 0.1) is 0 Å². The van der Waals surface area contributed by atoms with Crippen LogP contribution in [0.1, 0.15) is 38.2 Å². The summed E-state index contributed by atoms with van der Waals surface area (Å²) in [6.45, 7) is 2.11. The van der Waals surface area contributed by atoms with Crippen LogP contribution >= 0.6 is 0 Å². The second-order valence-electron chi connectivity index (χ2n) is 4.16. The van der Waals surface area contributed by atoms with Gasteiger partial charge >= 0.3 is 0 Å². The summed E-state index contributed by atoms with van der Waals surface area (Å²) >= 11 is 0. The van der Waals surface area contributed by atoms with Gasteiger partial charge in [-0.05, 0) is 25.0 Å². The largest absolute Gasteiger partial charge is 0.327 e. The number of benzene rings is 1. The van der Waals surface area contributed by atoms with E-state index in [0.717, 1.165) is 25.7 Å². The van der Waals surface area contributed by atoms with Gasteiger partial charge in [-0.1, -0.05) is 32.3 Å². The predicted octanol–water partition coefficient (Wildman–Crippen LogP) is 3.41. The minimum Gasteiger partial charge on any atom is -0.327 e. The van der Waals surface area contributed by atoms with Crippen LogP contribution in [0.5, 0.6) is 0 Å². The van der Waals surface area contributed by atoms with Crippen LogP contribution in [0.3, 0.4) is 0 Å². The number of hydrogen-bond acceptors (Lipinski definition) is 1. The average Bonchev–Trinajstić information content (AvgIpc) is 2.24. The third-order valence-electron chi connectivity index (χ3n) is 2.71. The fraction of sp³-hybridized carbons (Fsp3) is 0.538. The molecule has 0 aromatic heterocycles. The van der Waals surface area contributed by atoms with E-state index in [-0.39, 0.29) is 18.0 Å². The summed E-state index contributed by atoms with van der Waals surface area (Å²) in [5.41, 5.74) is 5.97. The van der Waals surface area contributed by atoms with Crippen LogP contribution < -0.4 is 5.73 Å². The number of hydrogen-bond donors (Lipinski definition) is 1. The van der Waals surface area contributed by atoms with Crippen LogP contribution in [-0.4, -0.2) is 6.04 Å². The van der Waals surface area contributed by atoms with Gasteiger partial charge in [0.25, 0.3) is 0 Å². The highest BCUT2D eigenvalue weighted by Crippen LogP contribution is 2.15. The fourth-order valence-corrected chi connectivity index (χ4v) is 1.75. The minimum atomic E-state index is -0.494. The van der Waals surface area contributed by atoms with Crippen LogP contribution in [-0.2, 0) is 6.42 Å². The van der Waals surface area contributed by atoms with E-state index in [4.69, 9.17) is 5.73 Å². The minimum absolute atomic E-state index is 0.117. The summed E-state index contributed by atoms with van der Waals surface area (Å²) in [6.07, 6.45) is 4.37. The first-order valence-electron chi connectivity index (χ1n) is 5.83. The second kappa shape index (κ2) is 6.59. The Bertz CT molecular complexity index is 305. The molecule has 2 N–H and O–H groups in total. The Balaban J connectivity index is 2.52. The van der Waals surface area contributed by atoms with Gasteiger partial charge in [-0.3, -0.25) is 0 Å². The molecule has 0 fully saturated rings. The molecule has 0 radical (unpaired) electrons. The number of unbranched alkanes of at least 4 members (excludes halogenated alkanes) is 2. The number of nitrogens with two attached hydrogens (primary N) is 1. The molecular weight excluding hydrogens is 208 g/mol. The summed E-state index contributed by atoms with van der Waals surface area (Å²) < 4.78 is 26.6. The quantitative estimate of drug-likeness (QED) is 0.740. The maximum Gasteiger partial charge on any atom is 0.129 e. The molecule has 0 spiro atoms. The molecule has 0 saturated carbocycles. The zero-order valence-corrected chi connectivity index (χ0v) is 9.68. The zero-order valence-electron chi connectivity index (χ0n) is 9.68. The van der Waals surface area contributed by atoms with E-state index < -0.39 is 11.6 Å². The van der Waals surface area contributed by atoms with E-state index in [1.54, 1.807) is 0 Å². The van der Waals surface area contributed by atoms with Crippen LogP contribution in [0, 0.1) is 11.6 Å². The molecule has 1 rings (SSSR count). The van der Waals surface area contributed by atoms with Gasteiger partial charge in [-0.25, -0.2) is 8.78 Å². The average molecular weight is 227 g/mol. The zero-order chi connectivity index (χ0) is 12.0. The van der Waals surface area contributed by atoms with Crippen molar-refractivity contribution in [1.29, 1.82) is 0 Å². The van der Waals surface area contributed by atoms with E-state index in [9.17, 15) is 8.78 Å². The van der Waals surface area contributed by atoms with Crippen molar-refractivity contribution in [3.05, 3.63) is 35.4 Å². The molecule has 1 unspecified atom stereocenters. The van der Waals surface area contributed by atoms with Gasteiger partial charge in [0.1, 0.15) is 11.6 Å². The van der Waals surface area contributed by atoms with Crippen LogP contribution in [0.25, 0.3) is 0 Å². The van der Waals surface area contributed by atoms with E-state index in [0.29, 0.717) is 0 Å². The van der Waals surface area contributed by atoms with Crippen molar-refractivity contribution in [2.75, 3.05) is 0 Å². The van der Waals surface area contributed by atoms with Crippen LogP contribution in [0.4, 0.5) is 8.78 Å². The molecule has 3 heteroatoms. The maximum atomic E-state index is 13.3. The molecule has 0 aliphatic heterocycles. The third kappa shape index (κ3) is 3.89. The van der Waals surface area contributed by atoms with E-state index in [2.05, 4.69) is 6.92 Å². The summed E-state index contributed by atoms with van der Waals surface area (Å²) in [6, 6.07) is 3.77. The molecule has 1 nitrogen and oxygen atoms in total. The highest BCUT2D eigenvalue weighted by atomic mass is 19.1. The number of rotatable bonds is 6. The lowest BCUT2D eigenvalue weighted by Crippen LogP contribution is -2.23. The van der Waals surface area contributed by atoms with E-state index in [1.807, 2.05) is 0 Å². The van der Waals surface area contributed by atoms with Gasteiger partial charge in [-0.2, -0.15) is 0 Å². The Morgan fingerprint density at radius 2 is 1.81 bits per heavy atom. The molecule has 90 valence electrons. The smallest absolute Gasteiger partial charge is 0.129 e. The first-order chi connectivity index (χ1) is 7.65. The Labute approximate surface area is 95.7 Å². The van der Waals surface area contributed by atoms with Gasteiger partial charge in [0.15, 0.2) is 0 Å². The van der Waals surface area contributed by atoms with Gasteiger partial charge in [0.2, 0.25) is 0 Å². The van der Waals surface area contributed by atoms with Gasteiger partial charge in [0, 0.05) is 11.6 Å². The highest BCUT2D eigenvalue weighted by Gasteiger charge is 2.12. The molecule has 1 aromatic carbocycles. The Hall–Kier alpha value is -0.960. The van der Waals surface area contributed by atoms with Crippen LogP contribution in [0.15, 0.2) is 18.2 Å². The van der Waals surface area contributed by atoms with E-state index >= 15 is 0 Å². The Morgan fingerprint density at radius 3 is 2.38 bits per heavy atom. The lowest BCUT2D eigenvalue weighted by molar-refractivity contribution is 0.509. The third-order valence-corrected chi connectivity index (χ3v) is 2.71. The molecule has 1 aromatic rings. The molecule has 0 saturated heterocycles. The normalized spacial score (nSPS) is 12.8. The summed E-state index contributed by atoms with van der Waals surface area (Å²) in [4.78, 5) is 0. The van der Waals surface area contributed by atoms with Crippen molar-refractivity contribution in [1.82, 2.24) is 0 Å². The van der Waals surface area contributed by atoms with Gasteiger partial charge in [-0.15, -0.1) is 0 Å². The summed E-state index contributed by atoms with van der Waals surface area (Å²) in [5, 5.41) is 0. The molecule has 16 heavy (non-hydrogen) atoms. The highest BCUT2D eigenvalue weighted by molar-refractivity contribution is 5.20. The van der Waals surface area contributed by atoms with Crippen molar-refractivity contribution in [2.45, 2.75) is 45.1 Å². The summed E-state index contributed by atoms with van der Waals surface area (Å²) in [7, 11) is 0. The predicted molar refractivity (Wildman–Crippen MR) is 62.2 cm³/mol. The van der Waals surface area contributed by atoms with E-state index in [1.165, 1.54) is 18.2 Å². The Morgan fingerprint density at radius 1 is 1.19 bits per heavy atom. The molecule has 0 heterocycles. The Kier molecular flexibility index (Phi) is 5.39. The first-order valence-corrected chi connectivity index (χ1v) is 5.83. The maximum absolute atomic E-state index is 13.3. The topological polar surface area (TPSA) is 26.0 Å². The lowest BCUT2D eigenvalue weighted by atomic mass is 10.0. The standard InChI is InChI=1S/C13H19F2N/c1-2-3-4-6-10(16)9-11-12(14)7-5-8-13(11)15/h5,7-8,10H,2-4,6,9,16H2,1H3. The fourth-order valence-electron chi connectivity index (χ4n) is 1.75. The molecule has 0 amide bonds. The van der Waals surface area contributed by atoms with Crippen LogP contribution in [0.2, 0.25) is 0 Å². The van der Waals surface area contributed by atoms with Crippen molar-refractivity contribution in [3.63, 3.8) is 0 Å². The molecule has 0 aliphatic carbocycles. The first kappa shape index (κ1) is 13.1. The molecule has 0 bridgehead atoms. The van der Waals surface area contributed by atoms with Gasteiger partial charge < -0.3 is 5.73 Å². The molecule has 1 atom stereocenters. The van der Waals surface area contributed by atoms with Crippen molar-refractivity contribution in [2.24, 2.45) is 5.73 Å². The SMILES string of the molecule is CCCCCC(N)Cc1c(F)cccc1F. The van der Waals surface area contributed by atoms with Crippen molar-refractivity contribution >= 4 is 0 Å². The second-order valence-corrected chi connectivity index (χ2v) is 4.16.